The summed E-state index contributed by atoms with van der Waals surface area (Å²) in [6.45, 7) is 3.93. The van der Waals surface area contributed by atoms with Crippen molar-refractivity contribution in [2.45, 2.75) is 19.1 Å². The molecule has 1 aliphatic rings. The van der Waals surface area contributed by atoms with Crippen LogP contribution in [0.5, 0.6) is 0 Å². The van der Waals surface area contributed by atoms with Gasteiger partial charge in [-0.05, 0) is 48.9 Å². The topological polar surface area (TPSA) is 88.7 Å². The number of carbonyl (C=O) groups excluding carboxylic acids is 2. The second-order valence-corrected chi connectivity index (χ2v) is 9.75. The van der Waals surface area contributed by atoms with Crippen molar-refractivity contribution in [3.63, 3.8) is 0 Å². The number of rotatable bonds is 4. The summed E-state index contributed by atoms with van der Waals surface area (Å²) >= 11 is 2.90. The maximum Gasteiger partial charge on any atom is 0.417 e. The molecule has 200 valence electrons. The standard InChI is InChI=1S/C27H21BrF3N5O3/c1-3-15-13-33-36-22-14-34(25(38)17-6-9-21(28)20(12-17)27(29,30)31)11-10-19(22)26(39)35(24(15)36)18-7-4-16(5-8-18)23(37)32-2/h3-9,12-13H,1,10-11,14H2,2H3,(H,32,37). The molecule has 12 heteroatoms. The van der Waals surface area contributed by atoms with E-state index in [1.807, 2.05) is 0 Å². The number of alkyl halides is 3. The molecule has 0 unspecified atom stereocenters. The fraction of sp³-hybridized carbons (Fsp3) is 0.185. The molecule has 2 aromatic carbocycles. The molecule has 0 atom stereocenters. The number of hydrogen-bond donors (Lipinski definition) is 1. The Morgan fingerprint density at radius 2 is 1.82 bits per heavy atom. The van der Waals surface area contributed by atoms with Crippen molar-refractivity contribution in [1.29, 1.82) is 0 Å². The second kappa shape index (κ2) is 9.84. The van der Waals surface area contributed by atoms with E-state index in [4.69, 9.17) is 0 Å². The lowest BCUT2D eigenvalue weighted by atomic mass is 10.0. The first-order chi connectivity index (χ1) is 18.5. The smallest absolute Gasteiger partial charge is 0.355 e. The lowest BCUT2D eigenvalue weighted by Crippen LogP contribution is -2.41. The van der Waals surface area contributed by atoms with Crippen molar-refractivity contribution in [3.8, 4) is 5.69 Å². The lowest BCUT2D eigenvalue weighted by molar-refractivity contribution is -0.138. The average Bonchev–Trinajstić information content (AvgIpc) is 3.36. The van der Waals surface area contributed by atoms with Gasteiger partial charge in [0.15, 0.2) is 5.65 Å². The van der Waals surface area contributed by atoms with Crippen molar-refractivity contribution in [2.75, 3.05) is 13.6 Å². The van der Waals surface area contributed by atoms with Crippen LogP contribution < -0.4 is 10.9 Å². The second-order valence-electron chi connectivity index (χ2n) is 8.90. The van der Waals surface area contributed by atoms with Gasteiger partial charge in [0, 0.05) is 40.3 Å². The summed E-state index contributed by atoms with van der Waals surface area (Å²) < 4.78 is 43.1. The molecule has 2 amide bonds. The van der Waals surface area contributed by atoms with E-state index < -0.39 is 17.6 Å². The molecule has 5 rings (SSSR count). The minimum Gasteiger partial charge on any atom is -0.355 e. The number of halogens is 4. The van der Waals surface area contributed by atoms with Gasteiger partial charge >= 0.3 is 6.18 Å². The van der Waals surface area contributed by atoms with Crippen LogP contribution in [0.2, 0.25) is 0 Å². The summed E-state index contributed by atoms with van der Waals surface area (Å²) in [6.07, 6.45) is -1.36. The molecule has 0 radical (unpaired) electrons. The minimum absolute atomic E-state index is 0.0218. The van der Waals surface area contributed by atoms with Gasteiger partial charge in [-0.15, -0.1) is 0 Å². The van der Waals surface area contributed by atoms with E-state index in [0.717, 1.165) is 6.07 Å². The van der Waals surface area contributed by atoms with Crippen LogP contribution in [0.15, 0.2) is 64.5 Å². The predicted octanol–water partition coefficient (Wildman–Crippen LogP) is 4.47. The first-order valence-corrected chi connectivity index (χ1v) is 12.6. The molecule has 0 spiro atoms. The molecule has 1 N–H and O–H groups in total. The number of amides is 2. The normalized spacial score (nSPS) is 13.3. The molecule has 8 nitrogen and oxygen atoms in total. The van der Waals surface area contributed by atoms with Crippen LogP contribution in [0, 0.1) is 0 Å². The van der Waals surface area contributed by atoms with E-state index in [9.17, 15) is 27.6 Å². The van der Waals surface area contributed by atoms with Gasteiger partial charge in [0.1, 0.15) is 0 Å². The number of carbonyl (C=O) groups is 2. The lowest BCUT2D eigenvalue weighted by Gasteiger charge is -2.30. The van der Waals surface area contributed by atoms with Gasteiger partial charge in [-0.1, -0.05) is 28.6 Å². The van der Waals surface area contributed by atoms with Gasteiger partial charge < -0.3 is 10.2 Å². The number of aromatic nitrogens is 3. The van der Waals surface area contributed by atoms with Crippen molar-refractivity contribution >= 4 is 39.5 Å². The van der Waals surface area contributed by atoms with Crippen molar-refractivity contribution < 1.29 is 22.8 Å². The summed E-state index contributed by atoms with van der Waals surface area (Å²) in [6, 6.07) is 9.87. The third-order valence-corrected chi connectivity index (χ3v) is 7.35. The molecule has 39 heavy (non-hydrogen) atoms. The molecule has 4 aromatic rings. The number of nitrogens with zero attached hydrogens (tertiary/aromatic N) is 4. The third kappa shape index (κ3) is 4.54. The largest absolute Gasteiger partial charge is 0.417 e. The van der Waals surface area contributed by atoms with Crippen LogP contribution in [-0.2, 0) is 19.1 Å². The molecule has 1 aliphatic heterocycles. The van der Waals surface area contributed by atoms with Crippen molar-refractivity contribution in [1.82, 2.24) is 24.4 Å². The van der Waals surface area contributed by atoms with Gasteiger partial charge in [-0.3, -0.25) is 19.0 Å². The Bertz CT molecular complexity index is 1710. The highest BCUT2D eigenvalue weighted by molar-refractivity contribution is 9.10. The van der Waals surface area contributed by atoms with Crippen LogP contribution in [0.4, 0.5) is 13.2 Å². The van der Waals surface area contributed by atoms with E-state index in [0.29, 0.717) is 33.7 Å². The predicted molar refractivity (Wildman–Crippen MR) is 142 cm³/mol. The van der Waals surface area contributed by atoms with Gasteiger partial charge in [0.25, 0.3) is 17.4 Å². The zero-order valence-corrected chi connectivity index (χ0v) is 22.1. The van der Waals surface area contributed by atoms with Crippen LogP contribution in [0.25, 0.3) is 17.4 Å². The Kier molecular flexibility index (Phi) is 6.67. The van der Waals surface area contributed by atoms with Gasteiger partial charge in [-0.25, -0.2) is 4.52 Å². The summed E-state index contributed by atoms with van der Waals surface area (Å²) in [7, 11) is 1.52. The maximum absolute atomic E-state index is 13.8. The Morgan fingerprint density at radius 1 is 1.13 bits per heavy atom. The van der Waals surface area contributed by atoms with Gasteiger partial charge in [-0.2, -0.15) is 18.3 Å². The van der Waals surface area contributed by atoms with E-state index in [1.54, 1.807) is 41.1 Å². The molecular weight excluding hydrogens is 579 g/mol. The van der Waals surface area contributed by atoms with Crippen LogP contribution >= 0.6 is 15.9 Å². The minimum atomic E-state index is -4.63. The van der Waals surface area contributed by atoms with Crippen molar-refractivity contribution in [2.24, 2.45) is 0 Å². The SMILES string of the molecule is C=Cc1cnn2c3c(c(=O)n(-c4ccc(C(=O)NC)cc4)c12)CCN(C(=O)c1ccc(Br)c(C(F)(F)F)c1)C3. The van der Waals surface area contributed by atoms with Crippen LogP contribution in [0.3, 0.4) is 0 Å². The first-order valence-electron chi connectivity index (χ1n) is 11.8. The monoisotopic (exact) mass is 599 g/mol. The van der Waals surface area contributed by atoms with Crippen LogP contribution in [0.1, 0.15) is 43.1 Å². The van der Waals surface area contributed by atoms with E-state index in [2.05, 4.69) is 32.9 Å². The molecule has 0 saturated carbocycles. The first kappa shape index (κ1) is 26.4. The van der Waals surface area contributed by atoms with Crippen LogP contribution in [-0.4, -0.2) is 44.5 Å². The Labute approximate surface area is 228 Å². The highest BCUT2D eigenvalue weighted by Crippen LogP contribution is 2.36. The fourth-order valence-electron chi connectivity index (χ4n) is 4.70. The number of fused-ring (bicyclic) bond motifs is 3. The maximum atomic E-state index is 13.8. The van der Waals surface area contributed by atoms with E-state index in [1.165, 1.54) is 28.6 Å². The number of hydrogen-bond acceptors (Lipinski definition) is 4. The molecule has 0 bridgehead atoms. The molecule has 3 heterocycles. The summed E-state index contributed by atoms with van der Waals surface area (Å²) in [5, 5.41) is 6.99. The fourth-order valence-corrected chi connectivity index (χ4v) is 5.17. The average molecular weight is 600 g/mol. The summed E-state index contributed by atoms with van der Waals surface area (Å²) in [4.78, 5) is 40.4. The van der Waals surface area contributed by atoms with Gasteiger partial charge in [0.05, 0.1) is 29.7 Å². The molecule has 0 aliphatic carbocycles. The van der Waals surface area contributed by atoms with Gasteiger partial charge in [0.2, 0.25) is 0 Å². The van der Waals surface area contributed by atoms with E-state index >= 15 is 0 Å². The quantitative estimate of drug-likeness (QED) is 0.375. The zero-order chi connectivity index (χ0) is 28.1. The highest BCUT2D eigenvalue weighted by atomic mass is 79.9. The Hall–Kier alpha value is -4.19. The summed E-state index contributed by atoms with van der Waals surface area (Å²) in [5.74, 6) is -0.852. The molecule has 2 aromatic heterocycles. The Morgan fingerprint density at radius 3 is 2.46 bits per heavy atom. The number of benzene rings is 2. The number of nitrogens with one attached hydrogen (secondary N) is 1. The highest BCUT2D eigenvalue weighted by Gasteiger charge is 2.35. The van der Waals surface area contributed by atoms with E-state index in [-0.39, 0.29) is 41.0 Å². The molecular formula is C27H21BrF3N5O3. The Balaban J connectivity index is 1.59. The summed E-state index contributed by atoms with van der Waals surface area (Å²) in [5.41, 5.74) is 1.46. The molecule has 0 fully saturated rings. The van der Waals surface area contributed by atoms with Crippen molar-refractivity contribution in [3.05, 3.63) is 104 Å². The molecule has 0 saturated heterocycles. The third-order valence-electron chi connectivity index (χ3n) is 6.66. The zero-order valence-electron chi connectivity index (χ0n) is 20.6.